The number of aryl methyl sites for hydroxylation is 3. The maximum atomic E-state index is 12.7. The Morgan fingerprint density at radius 1 is 1.26 bits per heavy atom. The molecule has 0 bridgehead atoms. The molecule has 0 fully saturated rings. The highest BCUT2D eigenvalue weighted by Crippen LogP contribution is 2.31. The molecule has 4 heteroatoms. The van der Waals surface area contributed by atoms with E-state index in [0.717, 1.165) is 29.9 Å². The van der Waals surface area contributed by atoms with Crippen molar-refractivity contribution in [2.24, 2.45) is 0 Å². The van der Waals surface area contributed by atoms with Gasteiger partial charge in [-0.3, -0.25) is 4.79 Å². The topological polar surface area (TPSA) is 46.4 Å². The molecule has 1 aliphatic rings. The number of rotatable bonds is 2. The van der Waals surface area contributed by atoms with E-state index >= 15 is 0 Å². The Kier molecular flexibility index (Phi) is 3.18. The molecule has 1 aliphatic carbocycles. The summed E-state index contributed by atoms with van der Waals surface area (Å²) in [6, 6.07) is 12.3. The SMILES string of the molecule is Cc1cc(C)n2ccc(C(=O)NC3CCc4ccccc43)c2n1. The maximum absolute atomic E-state index is 12.7. The van der Waals surface area contributed by atoms with Gasteiger partial charge in [0.05, 0.1) is 11.6 Å². The van der Waals surface area contributed by atoms with Crippen molar-refractivity contribution in [1.82, 2.24) is 14.7 Å². The Morgan fingerprint density at radius 3 is 2.96 bits per heavy atom. The summed E-state index contributed by atoms with van der Waals surface area (Å²) in [7, 11) is 0. The third-order valence-electron chi connectivity index (χ3n) is 4.62. The molecule has 4 nitrogen and oxygen atoms in total. The number of carbonyl (C=O) groups is 1. The third kappa shape index (κ3) is 2.31. The average Bonchev–Trinajstić information content (AvgIpc) is 3.12. The lowest BCUT2D eigenvalue weighted by molar-refractivity contribution is 0.0938. The number of nitrogens with zero attached hydrogens (tertiary/aromatic N) is 2. The van der Waals surface area contributed by atoms with Gasteiger partial charge in [0.1, 0.15) is 5.65 Å². The van der Waals surface area contributed by atoms with Gasteiger partial charge in [0.2, 0.25) is 0 Å². The van der Waals surface area contributed by atoms with Gasteiger partial charge in [-0.15, -0.1) is 0 Å². The monoisotopic (exact) mass is 305 g/mol. The van der Waals surface area contributed by atoms with Crippen LogP contribution in [-0.4, -0.2) is 15.3 Å². The number of amides is 1. The van der Waals surface area contributed by atoms with Crippen molar-refractivity contribution < 1.29 is 4.79 Å². The van der Waals surface area contributed by atoms with Crippen LogP contribution in [0.5, 0.6) is 0 Å². The van der Waals surface area contributed by atoms with Gasteiger partial charge in [-0.25, -0.2) is 4.98 Å². The van der Waals surface area contributed by atoms with Gasteiger partial charge < -0.3 is 9.72 Å². The van der Waals surface area contributed by atoms with Gasteiger partial charge in [-0.05, 0) is 49.9 Å². The van der Waals surface area contributed by atoms with Crippen LogP contribution < -0.4 is 5.32 Å². The largest absolute Gasteiger partial charge is 0.345 e. The Bertz CT molecular complexity index is 910. The normalized spacial score (nSPS) is 16.5. The number of aromatic nitrogens is 2. The first-order valence-corrected chi connectivity index (χ1v) is 7.97. The van der Waals surface area contributed by atoms with Crippen LogP contribution in [0.1, 0.15) is 45.3 Å². The molecule has 0 saturated heterocycles. The van der Waals surface area contributed by atoms with E-state index in [1.54, 1.807) is 0 Å². The zero-order valence-electron chi connectivity index (χ0n) is 13.3. The van der Waals surface area contributed by atoms with E-state index in [9.17, 15) is 4.79 Å². The van der Waals surface area contributed by atoms with Gasteiger partial charge in [0, 0.05) is 17.6 Å². The van der Waals surface area contributed by atoms with Gasteiger partial charge in [-0.2, -0.15) is 0 Å². The smallest absolute Gasteiger partial charge is 0.255 e. The van der Waals surface area contributed by atoms with E-state index in [4.69, 9.17) is 0 Å². The number of benzene rings is 1. The van der Waals surface area contributed by atoms with Crippen LogP contribution >= 0.6 is 0 Å². The van der Waals surface area contributed by atoms with Crippen molar-refractivity contribution in [2.75, 3.05) is 0 Å². The minimum atomic E-state index is -0.0493. The molecule has 0 aliphatic heterocycles. The van der Waals surface area contributed by atoms with Crippen LogP contribution in [0.15, 0.2) is 42.6 Å². The van der Waals surface area contributed by atoms with Crippen LogP contribution in [0, 0.1) is 13.8 Å². The van der Waals surface area contributed by atoms with Gasteiger partial charge in [0.25, 0.3) is 5.91 Å². The standard InChI is InChI=1S/C19H19N3O/c1-12-11-13(2)22-10-9-16(18(22)20-12)19(23)21-17-8-7-14-5-3-4-6-15(14)17/h3-6,9-11,17H,7-8H2,1-2H3,(H,21,23). The lowest BCUT2D eigenvalue weighted by Crippen LogP contribution is -2.27. The minimum absolute atomic E-state index is 0.0493. The number of carbonyl (C=O) groups excluding carboxylic acids is 1. The second-order valence-corrected chi connectivity index (χ2v) is 6.23. The predicted octanol–water partition coefficient (Wildman–Crippen LogP) is 3.37. The lowest BCUT2D eigenvalue weighted by atomic mass is 10.1. The molecular weight excluding hydrogens is 286 g/mol. The van der Waals surface area contributed by atoms with Gasteiger partial charge in [0.15, 0.2) is 0 Å². The van der Waals surface area contributed by atoms with E-state index in [2.05, 4.69) is 28.5 Å². The Balaban J connectivity index is 1.66. The van der Waals surface area contributed by atoms with Crippen LogP contribution in [0.2, 0.25) is 0 Å². The molecule has 4 rings (SSSR count). The number of nitrogens with one attached hydrogen (secondary N) is 1. The van der Waals surface area contributed by atoms with Crippen molar-refractivity contribution in [3.63, 3.8) is 0 Å². The van der Waals surface area contributed by atoms with Crippen LogP contribution in [0.25, 0.3) is 5.65 Å². The molecule has 2 aromatic heterocycles. The molecule has 1 atom stereocenters. The maximum Gasteiger partial charge on any atom is 0.255 e. The molecule has 1 unspecified atom stereocenters. The minimum Gasteiger partial charge on any atom is -0.345 e. The fraction of sp³-hybridized carbons (Fsp3) is 0.263. The zero-order valence-corrected chi connectivity index (χ0v) is 13.3. The Labute approximate surface area is 135 Å². The number of fused-ring (bicyclic) bond motifs is 2. The van der Waals surface area contributed by atoms with Crippen molar-refractivity contribution in [2.45, 2.75) is 32.7 Å². The highest BCUT2D eigenvalue weighted by molar-refractivity contribution is 6.00. The fourth-order valence-electron chi connectivity index (χ4n) is 3.51. The highest BCUT2D eigenvalue weighted by Gasteiger charge is 2.25. The molecular formula is C19H19N3O. The molecule has 0 spiro atoms. The predicted molar refractivity (Wildman–Crippen MR) is 89.6 cm³/mol. The highest BCUT2D eigenvalue weighted by atomic mass is 16.1. The van der Waals surface area contributed by atoms with Crippen molar-refractivity contribution in [3.8, 4) is 0 Å². The summed E-state index contributed by atoms with van der Waals surface area (Å²) in [5.41, 5.74) is 5.95. The van der Waals surface area contributed by atoms with E-state index in [0.29, 0.717) is 5.56 Å². The summed E-state index contributed by atoms with van der Waals surface area (Å²) in [6.07, 6.45) is 3.89. The zero-order chi connectivity index (χ0) is 16.0. The molecule has 1 aromatic carbocycles. The Hall–Kier alpha value is -2.62. The fourth-order valence-corrected chi connectivity index (χ4v) is 3.51. The molecule has 3 aromatic rings. The van der Waals surface area contributed by atoms with Crippen LogP contribution in [-0.2, 0) is 6.42 Å². The third-order valence-corrected chi connectivity index (χ3v) is 4.62. The summed E-state index contributed by atoms with van der Waals surface area (Å²) < 4.78 is 1.96. The molecule has 2 heterocycles. The van der Waals surface area contributed by atoms with Crippen LogP contribution in [0.4, 0.5) is 0 Å². The van der Waals surface area contributed by atoms with Crippen molar-refractivity contribution in [3.05, 3.63) is 70.7 Å². The van der Waals surface area contributed by atoms with Crippen molar-refractivity contribution >= 4 is 11.6 Å². The van der Waals surface area contributed by atoms with E-state index < -0.39 is 0 Å². The summed E-state index contributed by atoms with van der Waals surface area (Å²) >= 11 is 0. The summed E-state index contributed by atoms with van der Waals surface area (Å²) in [6.45, 7) is 3.98. The van der Waals surface area contributed by atoms with Crippen molar-refractivity contribution in [1.29, 1.82) is 0 Å². The van der Waals surface area contributed by atoms with E-state index in [1.165, 1.54) is 11.1 Å². The summed E-state index contributed by atoms with van der Waals surface area (Å²) in [4.78, 5) is 17.3. The molecule has 116 valence electrons. The first kappa shape index (κ1) is 14.0. The van der Waals surface area contributed by atoms with Gasteiger partial charge >= 0.3 is 0 Å². The summed E-state index contributed by atoms with van der Waals surface area (Å²) in [5, 5.41) is 3.18. The van der Waals surface area contributed by atoms with E-state index in [-0.39, 0.29) is 11.9 Å². The Morgan fingerprint density at radius 2 is 2.09 bits per heavy atom. The lowest BCUT2D eigenvalue weighted by Gasteiger charge is -2.14. The summed E-state index contributed by atoms with van der Waals surface area (Å²) in [5.74, 6) is -0.0493. The van der Waals surface area contributed by atoms with Crippen LogP contribution in [0.3, 0.4) is 0 Å². The molecule has 0 saturated carbocycles. The molecule has 0 radical (unpaired) electrons. The first-order valence-electron chi connectivity index (χ1n) is 7.97. The second-order valence-electron chi connectivity index (χ2n) is 6.23. The molecule has 1 amide bonds. The van der Waals surface area contributed by atoms with E-state index in [1.807, 2.05) is 42.6 Å². The van der Waals surface area contributed by atoms with Gasteiger partial charge in [-0.1, -0.05) is 24.3 Å². The molecule has 23 heavy (non-hydrogen) atoms. The second kappa shape index (κ2) is 5.23. The number of hydrogen-bond acceptors (Lipinski definition) is 2. The quantitative estimate of drug-likeness (QED) is 0.789. The first-order chi connectivity index (χ1) is 11.1. The molecule has 1 N–H and O–H groups in total. The average molecular weight is 305 g/mol. The number of hydrogen-bond donors (Lipinski definition) is 1.